The molecule has 2 aromatic carbocycles. The van der Waals surface area contributed by atoms with Crippen molar-refractivity contribution in [3.63, 3.8) is 0 Å². The van der Waals surface area contributed by atoms with Crippen molar-refractivity contribution in [2.24, 2.45) is 0 Å². The Hall–Kier alpha value is -2.87. The number of hydrogen-bond acceptors (Lipinski definition) is 4. The number of carbonyl (C=O) groups excluding carboxylic acids is 3. The zero-order valence-electron chi connectivity index (χ0n) is 16.5. The maximum atomic E-state index is 12.3. The third-order valence-electron chi connectivity index (χ3n) is 3.61. The van der Waals surface area contributed by atoms with Crippen molar-refractivity contribution in [2.75, 3.05) is 11.9 Å². The number of rotatable bonds is 6. The summed E-state index contributed by atoms with van der Waals surface area (Å²) in [5, 5.41) is 7.93. The number of carbonyl (C=O) groups is 3. The van der Waals surface area contributed by atoms with Crippen molar-refractivity contribution in [3.8, 4) is 0 Å². The fourth-order valence-corrected chi connectivity index (χ4v) is 2.74. The topological polar surface area (TPSA) is 96.5 Å². The predicted molar refractivity (Wildman–Crippen MR) is 115 cm³/mol. The van der Waals surface area contributed by atoms with Crippen LogP contribution in [0, 0.1) is 0 Å². The van der Waals surface area contributed by atoms with Crippen LogP contribution in [0.4, 0.5) is 10.5 Å². The quantitative estimate of drug-likeness (QED) is 0.608. The minimum absolute atomic E-state index is 0.172. The van der Waals surface area contributed by atoms with Crippen LogP contribution in [0.25, 0.3) is 0 Å². The highest BCUT2D eigenvalue weighted by atomic mass is 79.9. The molecule has 0 spiro atoms. The van der Waals surface area contributed by atoms with E-state index in [1.807, 2.05) is 6.07 Å². The lowest BCUT2D eigenvalue weighted by Crippen LogP contribution is -2.39. The van der Waals surface area contributed by atoms with Gasteiger partial charge in [-0.15, -0.1) is 0 Å². The predicted octanol–water partition coefficient (Wildman–Crippen LogP) is 3.84. The molecular weight excluding hydrogens is 438 g/mol. The molecule has 7 nitrogen and oxygen atoms in total. The van der Waals surface area contributed by atoms with E-state index in [2.05, 4.69) is 31.9 Å². The van der Waals surface area contributed by atoms with E-state index in [0.29, 0.717) is 17.8 Å². The highest BCUT2D eigenvalue weighted by Crippen LogP contribution is 2.18. The van der Waals surface area contributed by atoms with Crippen molar-refractivity contribution in [3.05, 3.63) is 64.1 Å². The molecule has 3 amide bonds. The van der Waals surface area contributed by atoms with Gasteiger partial charge in [0.2, 0.25) is 5.91 Å². The van der Waals surface area contributed by atoms with Gasteiger partial charge in [-0.25, -0.2) is 4.79 Å². The molecule has 0 saturated carbocycles. The minimum Gasteiger partial charge on any atom is -0.444 e. The smallest absolute Gasteiger partial charge is 0.408 e. The molecule has 8 heteroatoms. The molecule has 0 aromatic heterocycles. The number of amides is 3. The SMILES string of the molecule is CC(C)(C)OC(=O)NCC(=O)NCc1ccc(NC(=O)c2ccccc2Br)cc1. The first kappa shape index (κ1) is 22.4. The van der Waals surface area contributed by atoms with E-state index in [9.17, 15) is 14.4 Å². The maximum Gasteiger partial charge on any atom is 0.408 e. The molecule has 0 aliphatic carbocycles. The van der Waals surface area contributed by atoms with E-state index >= 15 is 0 Å². The molecule has 154 valence electrons. The monoisotopic (exact) mass is 461 g/mol. The van der Waals surface area contributed by atoms with Gasteiger partial charge in [0.05, 0.1) is 5.56 Å². The molecule has 0 radical (unpaired) electrons. The van der Waals surface area contributed by atoms with E-state index in [0.717, 1.165) is 10.0 Å². The van der Waals surface area contributed by atoms with Crippen LogP contribution in [-0.4, -0.2) is 30.1 Å². The van der Waals surface area contributed by atoms with Crippen molar-refractivity contribution in [2.45, 2.75) is 32.9 Å². The summed E-state index contributed by atoms with van der Waals surface area (Å²) in [6.07, 6.45) is -0.641. The Morgan fingerprint density at radius 2 is 1.62 bits per heavy atom. The Balaban J connectivity index is 1.79. The van der Waals surface area contributed by atoms with Crippen LogP contribution in [0.3, 0.4) is 0 Å². The van der Waals surface area contributed by atoms with Crippen molar-refractivity contribution in [1.82, 2.24) is 10.6 Å². The molecule has 3 N–H and O–H groups in total. The van der Waals surface area contributed by atoms with Crippen LogP contribution in [0.1, 0.15) is 36.7 Å². The zero-order valence-corrected chi connectivity index (χ0v) is 18.1. The lowest BCUT2D eigenvalue weighted by atomic mass is 10.2. The van der Waals surface area contributed by atoms with Gasteiger partial charge in [0.25, 0.3) is 5.91 Å². The number of alkyl carbamates (subject to hydrolysis) is 1. The lowest BCUT2D eigenvalue weighted by molar-refractivity contribution is -0.120. The summed E-state index contributed by atoms with van der Waals surface area (Å²) >= 11 is 3.36. The normalized spacial score (nSPS) is 10.8. The number of nitrogens with one attached hydrogen (secondary N) is 3. The van der Waals surface area contributed by atoms with Gasteiger partial charge < -0.3 is 20.7 Å². The van der Waals surface area contributed by atoms with E-state index in [1.165, 1.54) is 0 Å². The second-order valence-corrected chi connectivity index (χ2v) is 8.12. The van der Waals surface area contributed by atoms with Crippen LogP contribution in [0.5, 0.6) is 0 Å². The summed E-state index contributed by atoms with van der Waals surface area (Å²) in [7, 11) is 0. The van der Waals surface area contributed by atoms with E-state index in [1.54, 1.807) is 63.2 Å². The van der Waals surface area contributed by atoms with Gasteiger partial charge in [-0.3, -0.25) is 9.59 Å². The Kier molecular flexibility index (Phi) is 7.78. The Morgan fingerprint density at radius 3 is 2.24 bits per heavy atom. The molecule has 0 aliphatic heterocycles. The molecule has 0 unspecified atom stereocenters. The number of hydrogen-bond donors (Lipinski definition) is 3. The molecule has 29 heavy (non-hydrogen) atoms. The van der Waals surface area contributed by atoms with E-state index < -0.39 is 11.7 Å². The van der Waals surface area contributed by atoms with Gasteiger partial charge in [0, 0.05) is 16.7 Å². The summed E-state index contributed by atoms with van der Waals surface area (Å²) in [6, 6.07) is 14.3. The van der Waals surface area contributed by atoms with Crippen LogP contribution in [0.15, 0.2) is 53.0 Å². The molecule has 2 rings (SSSR count). The summed E-state index contributed by atoms with van der Waals surface area (Å²) in [6.45, 7) is 5.37. The maximum absolute atomic E-state index is 12.3. The third-order valence-corrected chi connectivity index (χ3v) is 4.30. The highest BCUT2D eigenvalue weighted by Gasteiger charge is 2.16. The standard InChI is InChI=1S/C21H24BrN3O4/c1-21(2,3)29-20(28)24-13-18(26)23-12-14-8-10-15(11-9-14)25-19(27)16-6-4-5-7-17(16)22/h4-11H,12-13H2,1-3H3,(H,23,26)(H,24,28)(H,25,27). The highest BCUT2D eigenvalue weighted by molar-refractivity contribution is 9.10. The van der Waals surface area contributed by atoms with Gasteiger partial charge in [0.1, 0.15) is 12.1 Å². The van der Waals surface area contributed by atoms with Gasteiger partial charge in [-0.1, -0.05) is 24.3 Å². The third kappa shape index (κ3) is 7.95. The van der Waals surface area contributed by atoms with Crippen molar-refractivity contribution in [1.29, 1.82) is 0 Å². The Labute approximate surface area is 178 Å². The van der Waals surface area contributed by atoms with Crippen LogP contribution >= 0.6 is 15.9 Å². The van der Waals surface area contributed by atoms with Crippen LogP contribution < -0.4 is 16.0 Å². The fraction of sp³-hybridized carbons (Fsp3) is 0.286. The van der Waals surface area contributed by atoms with E-state index in [-0.39, 0.29) is 18.4 Å². The lowest BCUT2D eigenvalue weighted by Gasteiger charge is -2.19. The number of halogens is 1. The second kappa shape index (κ2) is 10.1. The van der Waals surface area contributed by atoms with Crippen LogP contribution in [-0.2, 0) is 16.1 Å². The molecule has 0 aliphatic rings. The first-order valence-electron chi connectivity index (χ1n) is 9.02. The molecule has 0 atom stereocenters. The van der Waals surface area contributed by atoms with Gasteiger partial charge >= 0.3 is 6.09 Å². The van der Waals surface area contributed by atoms with Gasteiger partial charge in [-0.05, 0) is 66.5 Å². The molecule has 0 heterocycles. The van der Waals surface area contributed by atoms with Gasteiger partial charge in [0.15, 0.2) is 0 Å². The van der Waals surface area contributed by atoms with Crippen molar-refractivity contribution >= 4 is 39.5 Å². The van der Waals surface area contributed by atoms with Crippen molar-refractivity contribution < 1.29 is 19.1 Å². The molecular formula is C21H24BrN3O4. The number of ether oxygens (including phenoxy) is 1. The summed E-state index contributed by atoms with van der Waals surface area (Å²) in [5.41, 5.74) is 1.43. The van der Waals surface area contributed by atoms with Crippen LogP contribution in [0.2, 0.25) is 0 Å². The molecule has 0 fully saturated rings. The Morgan fingerprint density at radius 1 is 0.966 bits per heavy atom. The fourth-order valence-electron chi connectivity index (χ4n) is 2.28. The average molecular weight is 462 g/mol. The minimum atomic E-state index is -0.641. The zero-order chi connectivity index (χ0) is 21.4. The van der Waals surface area contributed by atoms with Gasteiger partial charge in [-0.2, -0.15) is 0 Å². The second-order valence-electron chi connectivity index (χ2n) is 7.26. The summed E-state index contributed by atoms with van der Waals surface area (Å²) in [4.78, 5) is 35.7. The molecule has 2 aromatic rings. The number of benzene rings is 2. The van der Waals surface area contributed by atoms with E-state index in [4.69, 9.17) is 4.74 Å². The average Bonchev–Trinajstić information content (AvgIpc) is 2.64. The first-order valence-corrected chi connectivity index (χ1v) is 9.82. The largest absolute Gasteiger partial charge is 0.444 e. The first-order chi connectivity index (χ1) is 13.6. The molecule has 0 saturated heterocycles. The summed E-state index contributed by atoms with van der Waals surface area (Å²) < 4.78 is 5.79. The molecule has 0 bridgehead atoms. The Bertz CT molecular complexity index is 876. The number of anilines is 1. The summed E-state index contributed by atoms with van der Waals surface area (Å²) in [5.74, 6) is -0.547.